The lowest BCUT2D eigenvalue weighted by molar-refractivity contribution is 0.0974. The Morgan fingerprint density at radius 3 is 2.70 bits per heavy atom. The first-order valence-electron chi connectivity index (χ1n) is 10.2. The third-order valence-electron chi connectivity index (χ3n) is 6.69. The van der Waals surface area contributed by atoms with Gasteiger partial charge in [0.05, 0.1) is 34.1 Å². The number of anilines is 1. The van der Waals surface area contributed by atoms with Gasteiger partial charge < -0.3 is 15.4 Å². The van der Waals surface area contributed by atoms with Gasteiger partial charge in [-0.1, -0.05) is 35.3 Å². The molecule has 0 radical (unpaired) electrons. The number of hydrogen-bond acceptors (Lipinski definition) is 6. The number of nitrogens with zero attached hydrogens (tertiary/aromatic N) is 5. The number of fused-ring (bicyclic) bond motifs is 1. The van der Waals surface area contributed by atoms with E-state index in [1.807, 2.05) is 23.6 Å². The third kappa shape index (κ3) is 2.99. The molecule has 2 atom stereocenters. The average Bonchev–Trinajstić information content (AvgIpc) is 3.32. The van der Waals surface area contributed by atoms with Crippen molar-refractivity contribution in [3.05, 3.63) is 40.3 Å². The molecule has 2 N–H and O–H groups in total. The quantitative estimate of drug-likeness (QED) is 0.645. The van der Waals surface area contributed by atoms with Crippen molar-refractivity contribution in [1.82, 2.24) is 19.6 Å². The van der Waals surface area contributed by atoms with Gasteiger partial charge in [0, 0.05) is 30.1 Å². The van der Waals surface area contributed by atoms with E-state index in [4.69, 9.17) is 38.7 Å². The van der Waals surface area contributed by atoms with Gasteiger partial charge in [0.25, 0.3) is 0 Å². The molecule has 2 saturated heterocycles. The van der Waals surface area contributed by atoms with Crippen LogP contribution in [0.3, 0.4) is 0 Å². The van der Waals surface area contributed by atoms with Crippen LogP contribution in [-0.4, -0.2) is 51.4 Å². The van der Waals surface area contributed by atoms with Crippen molar-refractivity contribution in [2.24, 2.45) is 11.1 Å². The number of benzene rings is 1. The second-order valence-corrected chi connectivity index (χ2v) is 9.14. The SMILES string of the molecule is Cc1nc(N2CCC3(CC2)CO[C@@H](C)[C@H]3N)c2ncnn2c1-c1cccc(Cl)c1Cl. The molecule has 0 amide bonds. The normalized spacial score (nSPS) is 23.6. The van der Waals surface area contributed by atoms with E-state index < -0.39 is 0 Å². The minimum Gasteiger partial charge on any atom is -0.376 e. The zero-order chi connectivity index (χ0) is 21.0. The third-order valence-corrected chi connectivity index (χ3v) is 7.51. The van der Waals surface area contributed by atoms with E-state index in [2.05, 4.69) is 21.9 Å². The maximum atomic E-state index is 6.49. The maximum Gasteiger partial charge on any atom is 0.199 e. The molecule has 4 heterocycles. The van der Waals surface area contributed by atoms with Crippen molar-refractivity contribution >= 4 is 34.7 Å². The molecule has 3 aromatic rings. The topological polar surface area (TPSA) is 81.6 Å². The highest BCUT2D eigenvalue weighted by atomic mass is 35.5. The van der Waals surface area contributed by atoms with Crippen LogP contribution in [0.1, 0.15) is 25.5 Å². The van der Waals surface area contributed by atoms with Crippen LogP contribution in [0.15, 0.2) is 24.5 Å². The van der Waals surface area contributed by atoms with Gasteiger partial charge >= 0.3 is 0 Å². The monoisotopic (exact) mass is 446 g/mol. The van der Waals surface area contributed by atoms with Gasteiger partial charge in [-0.3, -0.25) is 0 Å². The molecule has 2 fully saturated rings. The molecule has 0 unspecified atom stereocenters. The Labute approximate surface area is 185 Å². The molecule has 158 valence electrons. The summed E-state index contributed by atoms with van der Waals surface area (Å²) in [5.41, 5.74) is 9.65. The maximum absolute atomic E-state index is 6.49. The zero-order valence-corrected chi connectivity index (χ0v) is 18.5. The zero-order valence-electron chi connectivity index (χ0n) is 17.0. The second-order valence-electron chi connectivity index (χ2n) is 8.36. The van der Waals surface area contributed by atoms with Crippen molar-refractivity contribution in [3.8, 4) is 11.3 Å². The lowest BCUT2D eigenvalue weighted by atomic mass is 9.73. The Morgan fingerprint density at radius 1 is 1.23 bits per heavy atom. The fourth-order valence-electron chi connectivity index (χ4n) is 4.82. The van der Waals surface area contributed by atoms with Crippen LogP contribution in [0.25, 0.3) is 16.9 Å². The van der Waals surface area contributed by atoms with E-state index in [0.717, 1.165) is 55.3 Å². The molecule has 2 aliphatic heterocycles. The summed E-state index contributed by atoms with van der Waals surface area (Å²) >= 11 is 12.7. The van der Waals surface area contributed by atoms with E-state index in [1.54, 1.807) is 12.4 Å². The molecular formula is C21H24Cl2N6O. The number of aryl methyl sites for hydroxylation is 1. The van der Waals surface area contributed by atoms with Gasteiger partial charge in [-0.2, -0.15) is 5.10 Å². The van der Waals surface area contributed by atoms with Crippen LogP contribution in [0.5, 0.6) is 0 Å². The number of halogens is 2. The first kappa shape index (κ1) is 20.0. The van der Waals surface area contributed by atoms with Crippen molar-refractivity contribution in [2.75, 3.05) is 24.6 Å². The second kappa shape index (κ2) is 7.34. The van der Waals surface area contributed by atoms with Crippen molar-refractivity contribution < 1.29 is 4.74 Å². The smallest absolute Gasteiger partial charge is 0.199 e. The molecule has 0 bridgehead atoms. The van der Waals surface area contributed by atoms with E-state index in [0.29, 0.717) is 15.7 Å². The van der Waals surface area contributed by atoms with Crippen LogP contribution < -0.4 is 10.6 Å². The fourth-order valence-corrected chi connectivity index (χ4v) is 5.21. The lowest BCUT2D eigenvalue weighted by Crippen LogP contribution is -2.50. The summed E-state index contributed by atoms with van der Waals surface area (Å²) in [5, 5.41) is 5.45. The molecule has 1 aromatic carbocycles. The summed E-state index contributed by atoms with van der Waals surface area (Å²) in [6.07, 6.45) is 3.61. The summed E-state index contributed by atoms with van der Waals surface area (Å²) < 4.78 is 7.66. The van der Waals surface area contributed by atoms with Gasteiger partial charge in [-0.25, -0.2) is 14.5 Å². The minimum atomic E-state index is 0.0587. The van der Waals surface area contributed by atoms with Crippen LogP contribution in [-0.2, 0) is 4.74 Å². The lowest BCUT2D eigenvalue weighted by Gasteiger charge is -2.41. The Morgan fingerprint density at radius 2 is 2.00 bits per heavy atom. The standard InChI is InChI=1S/C21H24Cl2N6O/c1-12-17(14-4-3-5-15(22)16(14)23)29-19(25-11-26-29)20(27-12)28-8-6-21(7-9-28)10-30-13(2)18(21)24/h3-5,11,13,18H,6-10,24H2,1-2H3/t13-,18+/m0/s1. The summed E-state index contributed by atoms with van der Waals surface area (Å²) in [6, 6.07) is 5.64. The van der Waals surface area contributed by atoms with Gasteiger partial charge in [0.15, 0.2) is 11.5 Å². The number of rotatable bonds is 2. The minimum absolute atomic E-state index is 0.0587. The number of ether oxygens (including phenoxy) is 1. The molecule has 0 saturated carbocycles. The Hall–Kier alpha value is -1.93. The van der Waals surface area contributed by atoms with E-state index in [9.17, 15) is 0 Å². The van der Waals surface area contributed by atoms with Gasteiger partial charge in [0.2, 0.25) is 0 Å². The summed E-state index contributed by atoms with van der Waals surface area (Å²) in [6.45, 7) is 6.48. The molecule has 2 aromatic heterocycles. The first-order chi connectivity index (χ1) is 14.4. The molecule has 30 heavy (non-hydrogen) atoms. The number of hydrogen-bond donors (Lipinski definition) is 1. The highest BCUT2D eigenvalue weighted by Crippen LogP contribution is 2.42. The summed E-state index contributed by atoms with van der Waals surface area (Å²) in [7, 11) is 0. The Bertz CT molecular complexity index is 1110. The number of aromatic nitrogens is 4. The fraction of sp³-hybridized carbons (Fsp3) is 0.476. The summed E-state index contributed by atoms with van der Waals surface area (Å²) in [5.74, 6) is 0.835. The largest absolute Gasteiger partial charge is 0.376 e. The van der Waals surface area contributed by atoms with E-state index >= 15 is 0 Å². The molecule has 2 aliphatic rings. The highest BCUT2D eigenvalue weighted by molar-refractivity contribution is 6.43. The predicted octanol–water partition coefficient (Wildman–Crippen LogP) is 3.74. The molecule has 0 aliphatic carbocycles. The molecule has 5 rings (SSSR count). The van der Waals surface area contributed by atoms with Crippen molar-refractivity contribution in [1.29, 1.82) is 0 Å². The number of piperidine rings is 1. The molecule has 7 nitrogen and oxygen atoms in total. The molecule has 1 spiro atoms. The van der Waals surface area contributed by atoms with Crippen LogP contribution in [0.2, 0.25) is 10.0 Å². The van der Waals surface area contributed by atoms with Crippen molar-refractivity contribution in [2.45, 2.75) is 38.8 Å². The first-order valence-corrected chi connectivity index (χ1v) is 10.9. The van der Waals surface area contributed by atoms with Crippen molar-refractivity contribution in [3.63, 3.8) is 0 Å². The van der Waals surface area contributed by atoms with Crippen LogP contribution in [0, 0.1) is 12.3 Å². The van der Waals surface area contributed by atoms with E-state index in [-0.39, 0.29) is 17.6 Å². The predicted molar refractivity (Wildman–Crippen MR) is 118 cm³/mol. The number of nitrogens with two attached hydrogens (primary N) is 1. The Balaban J connectivity index is 1.52. The summed E-state index contributed by atoms with van der Waals surface area (Å²) in [4.78, 5) is 11.7. The van der Waals surface area contributed by atoms with E-state index in [1.165, 1.54) is 0 Å². The van der Waals surface area contributed by atoms with Gasteiger partial charge in [0.1, 0.15) is 6.33 Å². The average molecular weight is 447 g/mol. The van der Waals surface area contributed by atoms with Crippen LogP contribution in [0.4, 0.5) is 5.82 Å². The van der Waals surface area contributed by atoms with Crippen LogP contribution >= 0.6 is 23.2 Å². The Kier molecular flexibility index (Phi) is 4.89. The van der Waals surface area contributed by atoms with Gasteiger partial charge in [-0.15, -0.1) is 0 Å². The van der Waals surface area contributed by atoms with Gasteiger partial charge in [-0.05, 0) is 32.8 Å². The molecular weight excluding hydrogens is 423 g/mol. The molecule has 9 heteroatoms. The highest BCUT2D eigenvalue weighted by Gasteiger charge is 2.47.